The smallest absolute Gasteiger partial charge is 0.248 e. The van der Waals surface area contributed by atoms with E-state index >= 15 is 0 Å². The number of rotatable bonds is 7. The zero-order valence-corrected chi connectivity index (χ0v) is 23.3. The van der Waals surface area contributed by atoms with Gasteiger partial charge >= 0.3 is 0 Å². The van der Waals surface area contributed by atoms with Crippen LogP contribution >= 0.6 is 0 Å². The second-order valence-electron chi connectivity index (χ2n) is 11.3. The fourth-order valence-electron chi connectivity index (χ4n) is 6.29. The minimum atomic E-state index is -0.150. The van der Waals surface area contributed by atoms with Crippen LogP contribution in [0.4, 0.5) is 5.82 Å². The Morgan fingerprint density at radius 3 is 2.71 bits per heavy atom. The van der Waals surface area contributed by atoms with E-state index in [2.05, 4.69) is 44.1 Å². The van der Waals surface area contributed by atoms with Crippen LogP contribution in [0.1, 0.15) is 31.4 Å². The number of pyridine rings is 2. The molecule has 1 spiro atoms. The molecule has 0 bridgehead atoms. The van der Waals surface area contributed by atoms with Gasteiger partial charge in [-0.2, -0.15) is 5.10 Å². The fraction of sp³-hybridized carbons (Fsp3) is 0.355. The predicted molar refractivity (Wildman–Crippen MR) is 157 cm³/mol. The second kappa shape index (κ2) is 10.2. The van der Waals surface area contributed by atoms with Crippen LogP contribution in [0.25, 0.3) is 33.2 Å². The molecule has 41 heavy (non-hydrogen) atoms. The average molecular weight is 552 g/mol. The molecule has 6 heterocycles. The van der Waals surface area contributed by atoms with E-state index in [4.69, 9.17) is 14.5 Å². The third kappa shape index (κ3) is 4.67. The van der Waals surface area contributed by atoms with Crippen molar-refractivity contribution in [3.63, 3.8) is 0 Å². The number of likely N-dealkylation sites (tertiary alicyclic amines) is 1. The molecule has 210 valence electrons. The Bertz CT molecular complexity index is 1690. The summed E-state index contributed by atoms with van der Waals surface area (Å²) >= 11 is 0. The highest BCUT2D eigenvalue weighted by Gasteiger charge is 2.45. The number of nitrogens with zero attached hydrogens (tertiary/aromatic N) is 5. The van der Waals surface area contributed by atoms with E-state index < -0.39 is 0 Å². The standard InChI is InChI=1S/C31H33N7O3/c1-20(23-7-11-32-30-24(23)8-12-33-30)41-22-4-5-26-25(15-22)29(36-35-26)21-3-6-27(34-16-21)38-18-31(19-38)9-13-37(14-10-31)28(39)17-40-2/h3-8,11-12,15-16,20H,9-10,13-14,17-19H2,1-2H3,(H,32,33)(H,35,36). The average Bonchev–Trinajstić information content (AvgIpc) is 3.63. The molecule has 2 fully saturated rings. The van der Waals surface area contributed by atoms with Gasteiger partial charge in [-0.25, -0.2) is 9.97 Å². The molecule has 1 atom stereocenters. The molecule has 2 saturated heterocycles. The van der Waals surface area contributed by atoms with Gasteiger partial charge in [-0.15, -0.1) is 0 Å². The van der Waals surface area contributed by atoms with Crippen LogP contribution in [0.15, 0.2) is 61.1 Å². The summed E-state index contributed by atoms with van der Waals surface area (Å²) in [4.78, 5) is 28.7. The fourth-order valence-corrected chi connectivity index (χ4v) is 6.29. The van der Waals surface area contributed by atoms with Crippen LogP contribution in [0.2, 0.25) is 0 Å². The Labute approximate surface area is 237 Å². The number of methoxy groups -OCH3 is 1. The Balaban J connectivity index is 1.03. The molecular formula is C31H33N7O3. The number of anilines is 1. The number of benzene rings is 1. The number of nitrogens with one attached hydrogen (secondary N) is 2. The lowest BCUT2D eigenvalue weighted by Gasteiger charge is -2.54. The summed E-state index contributed by atoms with van der Waals surface area (Å²) in [6.07, 6.45) is 7.50. The van der Waals surface area contributed by atoms with E-state index in [0.717, 1.165) is 89.3 Å². The van der Waals surface area contributed by atoms with Crippen molar-refractivity contribution in [1.29, 1.82) is 0 Å². The van der Waals surface area contributed by atoms with Crippen molar-refractivity contribution < 1.29 is 14.3 Å². The van der Waals surface area contributed by atoms with Crippen molar-refractivity contribution in [3.8, 4) is 17.0 Å². The van der Waals surface area contributed by atoms with Crippen molar-refractivity contribution >= 4 is 33.7 Å². The van der Waals surface area contributed by atoms with E-state index in [0.29, 0.717) is 0 Å². The molecule has 10 nitrogen and oxygen atoms in total. The first-order valence-electron chi connectivity index (χ1n) is 14.1. The highest BCUT2D eigenvalue weighted by Crippen LogP contribution is 2.42. The molecule has 7 rings (SSSR count). The van der Waals surface area contributed by atoms with E-state index in [1.807, 2.05) is 47.6 Å². The molecule has 1 aromatic carbocycles. The summed E-state index contributed by atoms with van der Waals surface area (Å²) in [5.41, 5.74) is 4.97. The van der Waals surface area contributed by atoms with Crippen molar-refractivity contribution in [1.82, 2.24) is 30.0 Å². The van der Waals surface area contributed by atoms with Crippen molar-refractivity contribution in [3.05, 3.63) is 66.6 Å². The molecule has 1 unspecified atom stereocenters. The normalized spacial score (nSPS) is 17.2. The number of hydrogen-bond donors (Lipinski definition) is 2. The predicted octanol–water partition coefficient (Wildman–Crippen LogP) is 4.72. The van der Waals surface area contributed by atoms with Gasteiger partial charge in [-0.3, -0.25) is 9.89 Å². The Morgan fingerprint density at radius 1 is 1.07 bits per heavy atom. The van der Waals surface area contributed by atoms with Crippen LogP contribution in [-0.2, 0) is 9.53 Å². The SMILES string of the molecule is COCC(=O)N1CCC2(CC1)CN(c1ccc(-c3n[nH]c4ccc(OC(C)c5ccnc6[nH]ccc56)cc34)cn1)C2. The summed E-state index contributed by atoms with van der Waals surface area (Å²) in [7, 11) is 1.57. The van der Waals surface area contributed by atoms with E-state index in [1.165, 1.54) is 0 Å². The highest BCUT2D eigenvalue weighted by atomic mass is 16.5. The van der Waals surface area contributed by atoms with E-state index in [-0.39, 0.29) is 24.0 Å². The molecule has 1 amide bonds. The number of H-pyrrole nitrogens is 2. The van der Waals surface area contributed by atoms with Crippen molar-refractivity contribution in [2.24, 2.45) is 5.41 Å². The van der Waals surface area contributed by atoms with Gasteiger partial charge in [0.15, 0.2) is 0 Å². The molecular weight excluding hydrogens is 518 g/mol. The van der Waals surface area contributed by atoms with Crippen LogP contribution in [0, 0.1) is 5.41 Å². The largest absolute Gasteiger partial charge is 0.486 e. The lowest BCUT2D eigenvalue weighted by atomic mass is 9.72. The molecule has 0 aliphatic carbocycles. The van der Waals surface area contributed by atoms with Gasteiger partial charge in [0.2, 0.25) is 5.91 Å². The van der Waals surface area contributed by atoms with Crippen molar-refractivity contribution in [2.75, 3.05) is 44.8 Å². The van der Waals surface area contributed by atoms with Crippen LogP contribution < -0.4 is 9.64 Å². The summed E-state index contributed by atoms with van der Waals surface area (Å²) < 4.78 is 11.4. The third-order valence-corrected chi connectivity index (χ3v) is 8.62. The lowest BCUT2D eigenvalue weighted by Crippen LogP contribution is -2.61. The first-order chi connectivity index (χ1) is 20.0. The maximum absolute atomic E-state index is 12.1. The Kier molecular flexibility index (Phi) is 6.34. The van der Waals surface area contributed by atoms with Gasteiger partial charge in [-0.1, -0.05) is 0 Å². The highest BCUT2D eigenvalue weighted by molar-refractivity contribution is 5.93. The van der Waals surface area contributed by atoms with Crippen molar-refractivity contribution in [2.45, 2.75) is 25.9 Å². The summed E-state index contributed by atoms with van der Waals surface area (Å²) in [6, 6.07) is 14.2. The topological polar surface area (TPSA) is 112 Å². The monoisotopic (exact) mass is 551 g/mol. The zero-order valence-electron chi connectivity index (χ0n) is 23.3. The second-order valence-corrected chi connectivity index (χ2v) is 11.3. The molecule has 10 heteroatoms. The molecule has 4 aromatic heterocycles. The van der Waals surface area contributed by atoms with E-state index in [9.17, 15) is 4.79 Å². The maximum atomic E-state index is 12.1. The van der Waals surface area contributed by atoms with Crippen LogP contribution in [-0.4, -0.2) is 75.9 Å². The maximum Gasteiger partial charge on any atom is 0.248 e. The quantitative estimate of drug-likeness (QED) is 0.301. The number of piperidine rings is 1. The number of ether oxygens (including phenoxy) is 2. The van der Waals surface area contributed by atoms with Gasteiger partial charge in [0.25, 0.3) is 0 Å². The molecule has 0 radical (unpaired) electrons. The number of aromatic nitrogens is 5. The molecule has 2 N–H and O–H groups in total. The molecule has 5 aromatic rings. The number of hydrogen-bond acceptors (Lipinski definition) is 7. The Hall–Kier alpha value is -4.44. The zero-order chi connectivity index (χ0) is 28.0. The number of fused-ring (bicyclic) bond motifs is 2. The summed E-state index contributed by atoms with van der Waals surface area (Å²) in [5.74, 6) is 1.84. The van der Waals surface area contributed by atoms with Gasteiger partial charge in [0.1, 0.15) is 35.6 Å². The number of carbonyl (C=O) groups is 1. The van der Waals surface area contributed by atoms with Gasteiger partial charge < -0.3 is 24.3 Å². The third-order valence-electron chi connectivity index (χ3n) is 8.62. The lowest BCUT2D eigenvalue weighted by molar-refractivity contribution is -0.137. The first-order valence-corrected chi connectivity index (χ1v) is 14.1. The molecule has 2 aliphatic rings. The summed E-state index contributed by atoms with van der Waals surface area (Å²) in [5, 5.41) is 9.80. The number of carbonyl (C=O) groups excluding carboxylic acids is 1. The van der Waals surface area contributed by atoms with E-state index in [1.54, 1.807) is 13.3 Å². The molecule has 2 aliphatic heterocycles. The van der Waals surface area contributed by atoms with Gasteiger partial charge in [-0.05, 0) is 62.2 Å². The number of aromatic amines is 2. The first kappa shape index (κ1) is 25.5. The van der Waals surface area contributed by atoms with Crippen LogP contribution in [0.5, 0.6) is 5.75 Å². The summed E-state index contributed by atoms with van der Waals surface area (Å²) in [6.45, 7) is 5.77. The Morgan fingerprint density at radius 2 is 1.93 bits per heavy atom. The van der Waals surface area contributed by atoms with Crippen LogP contribution in [0.3, 0.4) is 0 Å². The number of amides is 1. The molecule has 0 saturated carbocycles. The minimum absolute atomic E-state index is 0.0850. The minimum Gasteiger partial charge on any atom is -0.486 e. The van der Waals surface area contributed by atoms with Gasteiger partial charge in [0, 0.05) is 79.2 Å². The van der Waals surface area contributed by atoms with Gasteiger partial charge in [0.05, 0.1) is 5.52 Å².